The first-order valence-corrected chi connectivity index (χ1v) is 11.7. The van der Waals surface area contributed by atoms with Gasteiger partial charge in [-0.3, -0.25) is 15.0 Å². The molecule has 0 aliphatic carbocycles. The van der Waals surface area contributed by atoms with Gasteiger partial charge in [-0.1, -0.05) is 48.5 Å². The minimum Gasteiger partial charge on any atom is -0.444 e. The molecule has 0 aliphatic rings. The number of hydrazine groups is 1. The van der Waals surface area contributed by atoms with Gasteiger partial charge in [0.25, 0.3) is 11.8 Å². The molecule has 0 unspecified atom stereocenters. The summed E-state index contributed by atoms with van der Waals surface area (Å²) in [4.78, 5) is 52.3. The summed E-state index contributed by atoms with van der Waals surface area (Å²) in [7, 11) is 0. The van der Waals surface area contributed by atoms with Crippen LogP contribution in [0.15, 0.2) is 60.8 Å². The molecule has 0 fully saturated rings. The average Bonchev–Trinajstić information content (AvgIpc) is 3.26. The summed E-state index contributed by atoms with van der Waals surface area (Å²) in [6.07, 6.45) is 0.0435. The molecule has 3 rings (SSSR count). The summed E-state index contributed by atoms with van der Waals surface area (Å²) in [6, 6.07) is 15.7. The molecule has 1 aromatic heterocycles. The predicted octanol–water partition coefficient (Wildman–Crippen LogP) is 2.68. The Morgan fingerprint density at radius 3 is 2.35 bits per heavy atom. The smallest absolute Gasteiger partial charge is 0.426 e. The van der Waals surface area contributed by atoms with Gasteiger partial charge < -0.3 is 25.1 Å². The van der Waals surface area contributed by atoms with Crippen molar-refractivity contribution >= 4 is 34.9 Å². The molecular formula is C26H31N5O6. The number of hydrogen-bond donors (Lipinski definition) is 5. The number of carbonyl (C=O) groups is 4. The largest absolute Gasteiger partial charge is 0.444 e. The van der Waals surface area contributed by atoms with Crippen molar-refractivity contribution < 1.29 is 28.7 Å². The highest BCUT2D eigenvalue weighted by Gasteiger charge is 2.26. The Hall–Kier alpha value is -4.54. The Morgan fingerprint density at radius 1 is 0.919 bits per heavy atom. The molecule has 0 bridgehead atoms. The van der Waals surface area contributed by atoms with Gasteiger partial charge in [0.15, 0.2) is 6.61 Å². The lowest BCUT2D eigenvalue weighted by Crippen LogP contribution is -2.54. The Kier molecular flexibility index (Phi) is 9.09. The van der Waals surface area contributed by atoms with Crippen LogP contribution in [-0.4, -0.2) is 47.2 Å². The number of amides is 4. The van der Waals surface area contributed by atoms with Crippen LogP contribution in [0.4, 0.5) is 9.59 Å². The summed E-state index contributed by atoms with van der Waals surface area (Å²) in [5.74, 6) is -1.21. The maximum Gasteiger partial charge on any atom is 0.426 e. The van der Waals surface area contributed by atoms with Crippen LogP contribution in [0, 0.1) is 0 Å². The highest BCUT2D eigenvalue weighted by molar-refractivity contribution is 5.89. The first-order valence-electron chi connectivity index (χ1n) is 11.7. The lowest BCUT2D eigenvalue weighted by atomic mass is 10.0. The molecule has 0 aliphatic heterocycles. The highest BCUT2D eigenvalue weighted by Crippen LogP contribution is 2.19. The lowest BCUT2D eigenvalue weighted by Gasteiger charge is -2.23. The molecule has 11 nitrogen and oxygen atoms in total. The number of ether oxygens (including phenoxy) is 2. The van der Waals surface area contributed by atoms with E-state index in [-0.39, 0.29) is 13.0 Å². The molecule has 0 saturated carbocycles. The molecule has 0 radical (unpaired) electrons. The zero-order chi connectivity index (χ0) is 26.8. The van der Waals surface area contributed by atoms with E-state index in [4.69, 9.17) is 9.47 Å². The average molecular weight is 510 g/mol. The normalized spacial score (nSPS) is 11.8. The monoisotopic (exact) mass is 509 g/mol. The van der Waals surface area contributed by atoms with E-state index in [1.807, 2.05) is 54.6 Å². The van der Waals surface area contributed by atoms with Gasteiger partial charge in [-0.2, -0.15) is 0 Å². The van der Waals surface area contributed by atoms with Crippen LogP contribution in [0.25, 0.3) is 10.9 Å². The number of carbonyl (C=O) groups excluding carboxylic acids is 4. The fraction of sp³-hybridized carbons (Fsp3) is 0.308. The second-order valence-corrected chi connectivity index (χ2v) is 9.22. The fourth-order valence-corrected chi connectivity index (χ4v) is 3.39. The van der Waals surface area contributed by atoms with Gasteiger partial charge in [0.05, 0.1) is 0 Å². The summed E-state index contributed by atoms with van der Waals surface area (Å²) >= 11 is 0. The Morgan fingerprint density at radius 2 is 1.62 bits per heavy atom. The SMILES string of the molecule is CC(C)(C)OC(=O)N[C@H](Cc1c[nH]c2ccccc12)C(=O)NNC(=O)OCC(=O)NCc1ccccc1. The first kappa shape index (κ1) is 27.1. The molecule has 3 aromatic rings. The number of alkyl carbamates (subject to hydrolysis) is 1. The van der Waals surface area contributed by atoms with Gasteiger partial charge in [0.2, 0.25) is 0 Å². The van der Waals surface area contributed by atoms with Gasteiger partial charge in [0, 0.05) is 30.1 Å². The Balaban J connectivity index is 1.53. The highest BCUT2D eigenvalue weighted by atomic mass is 16.6. The quantitative estimate of drug-likeness (QED) is 0.295. The first-order chi connectivity index (χ1) is 17.6. The van der Waals surface area contributed by atoms with E-state index < -0.39 is 42.3 Å². The van der Waals surface area contributed by atoms with E-state index in [1.54, 1.807) is 27.0 Å². The number of fused-ring (bicyclic) bond motifs is 1. The number of rotatable bonds is 8. The van der Waals surface area contributed by atoms with Gasteiger partial charge >= 0.3 is 12.2 Å². The van der Waals surface area contributed by atoms with Gasteiger partial charge in [-0.15, -0.1) is 0 Å². The molecule has 0 spiro atoms. The third kappa shape index (κ3) is 8.88. The second-order valence-electron chi connectivity index (χ2n) is 9.22. The zero-order valence-electron chi connectivity index (χ0n) is 20.9. The molecule has 2 aromatic carbocycles. The lowest BCUT2D eigenvalue weighted by molar-refractivity contribution is -0.124. The van der Waals surface area contributed by atoms with Crippen molar-refractivity contribution in [1.29, 1.82) is 0 Å². The predicted molar refractivity (Wildman–Crippen MR) is 136 cm³/mol. The van der Waals surface area contributed by atoms with Crippen molar-refractivity contribution in [1.82, 2.24) is 26.5 Å². The number of nitrogens with one attached hydrogen (secondary N) is 5. The number of aromatic amines is 1. The van der Waals surface area contributed by atoms with Crippen LogP contribution in [-0.2, 0) is 32.0 Å². The standard InChI is InChI=1S/C26H31N5O6/c1-26(2,3)37-24(34)29-21(13-18-15-27-20-12-8-7-11-19(18)20)23(33)30-31-25(35)36-16-22(32)28-14-17-9-5-4-6-10-17/h4-12,15,21,27H,13-14,16H2,1-3H3,(H,28,32)(H,29,34)(H,30,33)(H,31,35)/t21-/m1/s1. The molecule has 5 N–H and O–H groups in total. The summed E-state index contributed by atoms with van der Waals surface area (Å²) < 4.78 is 10.1. The second kappa shape index (κ2) is 12.4. The molecule has 1 heterocycles. The number of para-hydroxylation sites is 1. The maximum absolute atomic E-state index is 12.9. The molecule has 4 amide bonds. The minimum atomic E-state index is -1.08. The van der Waals surface area contributed by atoms with Crippen LogP contribution >= 0.6 is 0 Å². The van der Waals surface area contributed by atoms with Crippen molar-refractivity contribution in [3.63, 3.8) is 0 Å². The van der Waals surface area contributed by atoms with Gasteiger partial charge in [-0.05, 0) is 38.0 Å². The zero-order valence-corrected chi connectivity index (χ0v) is 20.9. The summed E-state index contributed by atoms with van der Waals surface area (Å²) in [5.41, 5.74) is 6.09. The third-order valence-electron chi connectivity index (χ3n) is 5.06. The van der Waals surface area contributed by atoms with Crippen molar-refractivity contribution in [3.8, 4) is 0 Å². The van der Waals surface area contributed by atoms with Crippen molar-refractivity contribution in [2.24, 2.45) is 0 Å². The summed E-state index contributed by atoms with van der Waals surface area (Å²) in [6.45, 7) is 4.86. The van der Waals surface area contributed by atoms with E-state index in [0.717, 1.165) is 22.0 Å². The molecule has 196 valence electrons. The van der Waals surface area contributed by atoms with Crippen LogP contribution in [0.3, 0.4) is 0 Å². The molecular weight excluding hydrogens is 478 g/mol. The van der Waals surface area contributed by atoms with Gasteiger partial charge in [0.1, 0.15) is 11.6 Å². The van der Waals surface area contributed by atoms with E-state index >= 15 is 0 Å². The van der Waals surface area contributed by atoms with Crippen molar-refractivity contribution in [2.45, 2.75) is 45.4 Å². The fourth-order valence-electron chi connectivity index (χ4n) is 3.39. The number of benzene rings is 2. The van der Waals surface area contributed by atoms with E-state index in [0.29, 0.717) is 0 Å². The minimum absolute atomic E-state index is 0.119. The Labute approximate surface area is 214 Å². The van der Waals surface area contributed by atoms with E-state index in [1.165, 1.54) is 0 Å². The third-order valence-corrected chi connectivity index (χ3v) is 5.06. The Bertz CT molecular complexity index is 1230. The van der Waals surface area contributed by atoms with E-state index in [9.17, 15) is 19.2 Å². The molecule has 1 atom stereocenters. The van der Waals surface area contributed by atoms with E-state index in [2.05, 4.69) is 26.5 Å². The number of hydrogen-bond acceptors (Lipinski definition) is 6. The van der Waals surface area contributed by atoms with Crippen LogP contribution in [0.2, 0.25) is 0 Å². The van der Waals surface area contributed by atoms with Crippen molar-refractivity contribution in [2.75, 3.05) is 6.61 Å². The van der Waals surface area contributed by atoms with Gasteiger partial charge in [-0.25, -0.2) is 15.0 Å². The summed E-state index contributed by atoms with van der Waals surface area (Å²) in [5, 5.41) is 6.05. The number of aromatic nitrogens is 1. The van der Waals surface area contributed by atoms with Crippen LogP contribution in [0.1, 0.15) is 31.9 Å². The molecule has 11 heteroatoms. The van der Waals surface area contributed by atoms with Crippen molar-refractivity contribution in [3.05, 3.63) is 71.9 Å². The van der Waals surface area contributed by atoms with Crippen LogP contribution in [0.5, 0.6) is 0 Å². The maximum atomic E-state index is 12.9. The van der Waals surface area contributed by atoms with Crippen LogP contribution < -0.4 is 21.5 Å². The number of H-pyrrole nitrogens is 1. The molecule has 0 saturated heterocycles. The topological polar surface area (TPSA) is 151 Å². The molecule has 37 heavy (non-hydrogen) atoms.